The fourth-order valence-corrected chi connectivity index (χ4v) is 5.00. The summed E-state index contributed by atoms with van der Waals surface area (Å²) >= 11 is 0. The molecule has 0 radical (unpaired) electrons. The first kappa shape index (κ1) is 25.3. The topological polar surface area (TPSA) is 75.7 Å². The van der Waals surface area contributed by atoms with E-state index >= 15 is 0 Å². The zero-order valence-electron chi connectivity index (χ0n) is 20.0. The van der Waals surface area contributed by atoms with E-state index in [2.05, 4.69) is 19.2 Å². The second-order valence-corrected chi connectivity index (χ2v) is 10.6. The second-order valence-electron chi connectivity index (χ2n) is 8.75. The van der Waals surface area contributed by atoms with Crippen molar-refractivity contribution in [1.29, 1.82) is 0 Å². The maximum atomic E-state index is 13.2. The van der Waals surface area contributed by atoms with E-state index in [1.54, 1.807) is 31.2 Å². The van der Waals surface area contributed by atoms with Crippen LogP contribution in [0.2, 0.25) is 0 Å². The number of hydrogen-bond donors (Lipinski definition) is 1. The fourth-order valence-electron chi connectivity index (χ4n) is 3.82. The van der Waals surface area contributed by atoms with Gasteiger partial charge in [-0.1, -0.05) is 62.4 Å². The highest BCUT2D eigenvalue weighted by atomic mass is 32.2. The summed E-state index contributed by atoms with van der Waals surface area (Å²) in [5.74, 6) is 1.25. The highest BCUT2D eigenvalue weighted by Gasteiger charge is 2.30. The van der Waals surface area contributed by atoms with E-state index in [0.717, 1.165) is 22.5 Å². The van der Waals surface area contributed by atoms with E-state index in [1.165, 1.54) is 0 Å². The molecule has 0 fully saturated rings. The number of benzene rings is 3. The summed E-state index contributed by atoms with van der Waals surface area (Å²) in [7, 11) is -3.73. The van der Waals surface area contributed by atoms with Crippen LogP contribution in [0, 0.1) is 5.92 Å². The molecule has 1 amide bonds. The molecule has 180 valence electrons. The third-order valence-electron chi connectivity index (χ3n) is 5.38. The molecule has 34 heavy (non-hydrogen) atoms. The van der Waals surface area contributed by atoms with Gasteiger partial charge < -0.3 is 10.1 Å². The van der Waals surface area contributed by atoms with Crippen LogP contribution in [-0.4, -0.2) is 26.6 Å². The van der Waals surface area contributed by atoms with Crippen molar-refractivity contribution in [1.82, 2.24) is 5.32 Å². The molecule has 3 aromatic rings. The van der Waals surface area contributed by atoms with Gasteiger partial charge in [0.15, 0.2) is 0 Å². The molecule has 3 aromatic carbocycles. The third kappa shape index (κ3) is 6.84. The number of para-hydroxylation sites is 1. The molecule has 1 N–H and O–H groups in total. The summed E-state index contributed by atoms with van der Waals surface area (Å²) in [4.78, 5) is 13.2. The summed E-state index contributed by atoms with van der Waals surface area (Å²) < 4.78 is 32.3. The number of hydrogen-bond acceptors (Lipinski definition) is 4. The van der Waals surface area contributed by atoms with E-state index in [9.17, 15) is 13.2 Å². The molecule has 0 aliphatic rings. The summed E-state index contributed by atoms with van der Waals surface area (Å²) in [6.45, 7) is 5.78. The van der Waals surface area contributed by atoms with Crippen molar-refractivity contribution < 1.29 is 17.9 Å². The van der Waals surface area contributed by atoms with Crippen molar-refractivity contribution in [2.24, 2.45) is 5.92 Å². The van der Waals surface area contributed by atoms with Gasteiger partial charge in [0.05, 0.1) is 18.0 Å². The molecule has 6 nitrogen and oxygen atoms in total. The average Bonchev–Trinajstić information content (AvgIpc) is 2.80. The second kappa shape index (κ2) is 11.2. The third-order valence-corrected chi connectivity index (χ3v) is 6.63. The van der Waals surface area contributed by atoms with Crippen LogP contribution in [0.5, 0.6) is 11.5 Å². The summed E-state index contributed by atoms with van der Waals surface area (Å²) in [5, 5.41) is 3.06. The minimum absolute atomic E-state index is 0.209. The number of anilines is 1. The van der Waals surface area contributed by atoms with Crippen LogP contribution in [0.1, 0.15) is 38.8 Å². The molecule has 3 rings (SSSR count). The molecule has 0 heterocycles. The fraction of sp³-hybridized carbons (Fsp3) is 0.296. The normalized spacial score (nSPS) is 13.2. The van der Waals surface area contributed by atoms with Gasteiger partial charge in [-0.2, -0.15) is 0 Å². The predicted octanol–water partition coefficient (Wildman–Crippen LogP) is 5.54. The van der Waals surface area contributed by atoms with E-state index in [-0.39, 0.29) is 11.9 Å². The SMILES string of the molecule is CC(C)CC(NC(=O)C(C)N(c1ccc(Oc2ccccc2)cc1)S(C)(=O)=O)c1ccccc1. The minimum Gasteiger partial charge on any atom is -0.457 e. The molecule has 2 unspecified atom stereocenters. The highest BCUT2D eigenvalue weighted by molar-refractivity contribution is 7.92. The molecular formula is C27H32N2O4S. The van der Waals surface area contributed by atoms with E-state index < -0.39 is 16.1 Å². The van der Waals surface area contributed by atoms with Gasteiger partial charge in [0, 0.05) is 0 Å². The first-order valence-electron chi connectivity index (χ1n) is 11.3. The Kier molecular flexibility index (Phi) is 8.34. The quantitative estimate of drug-likeness (QED) is 0.414. The van der Waals surface area contributed by atoms with Crippen molar-refractivity contribution in [2.75, 3.05) is 10.6 Å². The lowest BCUT2D eigenvalue weighted by molar-refractivity contribution is -0.122. The molecule has 0 bridgehead atoms. The number of sulfonamides is 1. The maximum Gasteiger partial charge on any atom is 0.244 e. The molecule has 2 atom stereocenters. The van der Waals surface area contributed by atoms with Gasteiger partial charge in [0.25, 0.3) is 0 Å². The lowest BCUT2D eigenvalue weighted by atomic mass is 9.96. The van der Waals surface area contributed by atoms with Crippen molar-refractivity contribution in [3.8, 4) is 11.5 Å². The van der Waals surface area contributed by atoms with Gasteiger partial charge in [0.2, 0.25) is 15.9 Å². The average molecular weight is 481 g/mol. The van der Waals surface area contributed by atoms with Gasteiger partial charge in [0.1, 0.15) is 17.5 Å². The predicted molar refractivity (Wildman–Crippen MR) is 137 cm³/mol. The first-order valence-corrected chi connectivity index (χ1v) is 13.2. The number of rotatable bonds is 10. The molecule has 0 aromatic heterocycles. The summed E-state index contributed by atoms with van der Waals surface area (Å²) in [6.07, 6.45) is 1.85. The Bertz CT molecular complexity index is 1160. The molecule has 0 saturated carbocycles. The maximum absolute atomic E-state index is 13.2. The van der Waals surface area contributed by atoms with Gasteiger partial charge in [-0.15, -0.1) is 0 Å². The van der Waals surface area contributed by atoms with Crippen molar-refractivity contribution in [2.45, 2.75) is 39.3 Å². The standard InChI is InChI=1S/C27H32N2O4S/c1-20(2)19-26(22-11-7-5-8-12-22)28-27(30)21(3)29(34(4,31)32)23-15-17-25(18-16-23)33-24-13-9-6-10-14-24/h5-18,20-21,26H,19H2,1-4H3,(H,28,30). The van der Waals surface area contributed by atoms with Crippen molar-refractivity contribution in [3.05, 3.63) is 90.5 Å². The van der Waals surface area contributed by atoms with Crippen LogP contribution in [-0.2, 0) is 14.8 Å². The smallest absolute Gasteiger partial charge is 0.244 e. The van der Waals surface area contributed by atoms with Crippen LogP contribution >= 0.6 is 0 Å². The lowest BCUT2D eigenvalue weighted by Crippen LogP contribution is -2.48. The zero-order chi connectivity index (χ0) is 24.7. The molecule has 0 aliphatic heterocycles. The number of ether oxygens (including phenoxy) is 1. The van der Waals surface area contributed by atoms with E-state index in [4.69, 9.17) is 4.74 Å². The Morgan fingerprint density at radius 3 is 1.91 bits per heavy atom. The zero-order valence-corrected chi connectivity index (χ0v) is 20.8. The Labute approximate surface area is 202 Å². The highest BCUT2D eigenvalue weighted by Crippen LogP contribution is 2.28. The van der Waals surface area contributed by atoms with Crippen LogP contribution in [0.15, 0.2) is 84.9 Å². The lowest BCUT2D eigenvalue weighted by Gasteiger charge is -2.30. The number of carbonyl (C=O) groups is 1. The molecule has 0 saturated heterocycles. The van der Waals surface area contributed by atoms with Crippen LogP contribution in [0.4, 0.5) is 5.69 Å². The summed E-state index contributed by atoms with van der Waals surface area (Å²) in [5.41, 5.74) is 1.38. The largest absolute Gasteiger partial charge is 0.457 e. The van der Waals surface area contributed by atoms with Crippen molar-refractivity contribution in [3.63, 3.8) is 0 Å². The van der Waals surface area contributed by atoms with Crippen molar-refractivity contribution >= 4 is 21.6 Å². The number of nitrogens with one attached hydrogen (secondary N) is 1. The number of nitrogens with zero attached hydrogens (tertiary/aromatic N) is 1. The van der Waals surface area contributed by atoms with Crippen LogP contribution in [0.25, 0.3) is 0 Å². The van der Waals surface area contributed by atoms with Crippen LogP contribution in [0.3, 0.4) is 0 Å². The molecule has 0 spiro atoms. The monoisotopic (exact) mass is 480 g/mol. The molecular weight excluding hydrogens is 448 g/mol. The minimum atomic E-state index is -3.73. The number of carbonyl (C=O) groups excluding carboxylic acids is 1. The van der Waals surface area contributed by atoms with Gasteiger partial charge in [-0.05, 0) is 61.2 Å². The van der Waals surface area contributed by atoms with Crippen LogP contribution < -0.4 is 14.4 Å². The Morgan fingerprint density at radius 2 is 1.38 bits per heavy atom. The van der Waals surface area contributed by atoms with Gasteiger partial charge >= 0.3 is 0 Å². The molecule has 0 aliphatic carbocycles. The number of amides is 1. The first-order chi connectivity index (χ1) is 16.1. The summed E-state index contributed by atoms with van der Waals surface area (Å²) in [6, 6.07) is 24.6. The Balaban J connectivity index is 1.81. The Hall–Kier alpha value is -3.32. The van der Waals surface area contributed by atoms with E-state index in [1.807, 2.05) is 60.7 Å². The molecule has 7 heteroatoms. The van der Waals surface area contributed by atoms with E-state index in [0.29, 0.717) is 23.1 Å². The van der Waals surface area contributed by atoms with Gasteiger partial charge in [-0.25, -0.2) is 8.42 Å². The van der Waals surface area contributed by atoms with Gasteiger partial charge in [-0.3, -0.25) is 9.10 Å². The Morgan fingerprint density at radius 1 is 0.853 bits per heavy atom.